The Morgan fingerprint density at radius 2 is 1.91 bits per heavy atom. The molecule has 1 aliphatic rings. The molecule has 1 N–H and O–H groups in total. The third-order valence-electron chi connectivity index (χ3n) is 6.61. The summed E-state index contributed by atoms with van der Waals surface area (Å²) in [5.41, 5.74) is 4.08. The van der Waals surface area contributed by atoms with Gasteiger partial charge >= 0.3 is 0 Å². The van der Waals surface area contributed by atoms with Crippen molar-refractivity contribution in [3.05, 3.63) is 78.2 Å². The van der Waals surface area contributed by atoms with Gasteiger partial charge in [-0.1, -0.05) is 49.1 Å². The molecule has 0 unspecified atom stereocenters. The molecule has 1 aromatic carbocycles. The van der Waals surface area contributed by atoms with Gasteiger partial charge in [0.25, 0.3) is 5.91 Å². The number of aryl methyl sites for hydroxylation is 1. The first-order chi connectivity index (χ1) is 16.6. The van der Waals surface area contributed by atoms with Crippen LogP contribution in [0.4, 0.5) is 0 Å². The van der Waals surface area contributed by atoms with Crippen molar-refractivity contribution in [1.82, 2.24) is 14.9 Å². The molecule has 6 heteroatoms. The Hall–Kier alpha value is -3.54. The molecule has 3 aromatic heterocycles. The van der Waals surface area contributed by atoms with Crippen LogP contribution in [-0.2, 0) is 6.42 Å². The monoisotopic (exact) mass is 457 g/mol. The highest BCUT2D eigenvalue weighted by Crippen LogP contribution is 2.38. The molecule has 3 heterocycles. The fourth-order valence-electron chi connectivity index (χ4n) is 4.83. The van der Waals surface area contributed by atoms with Gasteiger partial charge in [0, 0.05) is 24.1 Å². The minimum Gasteiger partial charge on any atom is -0.469 e. The lowest BCUT2D eigenvalue weighted by Gasteiger charge is -2.24. The quantitative estimate of drug-likeness (QED) is 0.340. The maximum absolute atomic E-state index is 12.9. The maximum Gasteiger partial charge on any atom is 0.287 e. The van der Waals surface area contributed by atoms with Crippen LogP contribution >= 0.6 is 0 Å². The molecule has 6 nitrogen and oxygen atoms in total. The van der Waals surface area contributed by atoms with E-state index in [0.29, 0.717) is 24.0 Å². The molecule has 34 heavy (non-hydrogen) atoms. The third kappa shape index (κ3) is 4.72. The normalized spacial score (nSPS) is 15.4. The molecule has 4 aromatic rings. The first-order valence-corrected chi connectivity index (χ1v) is 12.2. The standard InChI is InChI=1S/C28H31N3O3/c1-19-10-12-21(13-11-19)26-27(31(18-29-26)22-7-4-3-5-8-22)24-14-15-25(34-24)28(32)30-20(2)17-23-9-6-16-33-23/h6,9-16,18,20,22H,3-5,7-8,17H2,1-2H3,(H,30,32)/t20-/m0/s1. The summed E-state index contributed by atoms with van der Waals surface area (Å²) < 4.78 is 13.8. The average molecular weight is 458 g/mol. The lowest BCUT2D eigenvalue weighted by atomic mass is 9.95. The van der Waals surface area contributed by atoms with Crippen molar-refractivity contribution < 1.29 is 13.6 Å². The molecule has 176 valence electrons. The largest absolute Gasteiger partial charge is 0.469 e. The predicted octanol–water partition coefficient (Wildman–Crippen LogP) is 6.58. The van der Waals surface area contributed by atoms with Crippen LogP contribution in [0.1, 0.15) is 66.9 Å². The molecule has 1 fully saturated rings. The summed E-state index contributed by atoms with van der Waals surface area (Å²) in [6.07, 6.45) is 10.2. The number of hydrogen-bond donors (Lipinski definition) is 1. The summed E-state index contributed by atoms with van der Waals surface area (Å²) >= 11 is 0. The highest BCUT2D eigenvalue weighted by Gasteiger charge is 2.25. The Labute approximate surface area is 200 Å². The molecule has 0 bridgehead atoms. The van der Waals surface area contributed by atoms with E-state index in [4.69, 9.17) is 13.8 Å². The van der Waals surface area contributed by atoms with Gasteiger partial charge in [-0.25, -0.2) is 4.98 Å². The van der Waals surface area contributed by atoms with Gasteiger partial charge in [0.2, 0.25) is 0 Å². The Bertz CT molecular complexity index is 1230. The van der Waals surface area contributed by atoms with E-state index in [1.54, 1.807) is 12.3 Å². The number of rotatable bonds is 7. The molecule has 0 radical (unpaired) electrons. The zero-order valence-corrected chi connectivity index (χ0v) is 19.8. The molecular weight excluding hydrogens is 426 g/mol. The van der Waals surface area contributed by atoms with Gasteiger partial charge in [0.05, 0.1) is 18.3 Å². The fourth-order valence-corrected chi connectivity index (χ4v) is 4.83. The topological polar surface area (TPSA) is 73.2 Å². The highest BCUT2D eigenvalue weighted by molar-refractivity contribution is 5.92. The van der Waals surface area contributed by atoms with Crippen molar-refractivity contribution in [1.29, 1.82) is 0 Å². The number of amides is 1. The van der Waals surface area contributed by atoms with Crippen molar-refractivity contribution >= 4 is 5.91 Å². The Kier molecular flexibility index (Phi) is 6.39. The van der Waals surface area contributed by atoms with Crippen molar-refractivity contribution in [3.8, 4) is 22.7 Å². The zero-order chi connectivity index (χ0) is 23.5. The summed E-state index contributed by atoms with van der Waals surface area (Å²) in [5.74, 6) is 1.58. The summed E-state index contributed by atoms with van der Waals surface area (Å²) in [5, 5.41) is 3.01. The number of nitrogens with zero attached hydrogens (tertiary/aromatic N) is 2. The molecular formula is C28H31N3O3. The number of hydrogen-bond acceptors (Lipinski definition) is 4. The molecule has 0 saturated heterocycles. The van der Waals surface area contributed by atoms with Gasteiger partial charge in [-0.15, -0.1) is 0 Å². The number of nitrogens with one attached hydrogen (secondary N) is 1. The number of benzene rings is 1. The summed E-state index contributed by atoms with van der Waals surface area (Å²) in [7, 11) is 0. The minimum absolute atomic E-state index is 0.0805. The summed E-state index contributed by atoms with van der Waals surface area (Å²) in [4.78, 5) is 17.7. The van der Waals surface area contributed by atoms with Gasteiger partial charge < -0.3 is 18.7 Å². The van der Waals surface area contributed by atoms with Crippen molar-refractivity contribution in [2.24, 2.45) is 0 Å². The summed E-state index contributed by atoms with van der Waals surface area (Å²) in [6, 6.07) is 16.1. The Balaban J connectivity index is 1.43. The average Bonchev–Trinajstić information content (AvgIpc) is 3.60. The van der Waals surface area contributed by atoms with Gasteiger partial charge in [-0.2, -0.15) is 0 Å². The summed E-state index contributed by atoms with van der Waals surface area (Å²) in [6.45, 7) is 4.04. The first kappa shape index (κ1) is 22.3. The number of imidazole rings is 1. The van der Waals surface area contributed by atoms with Crippen molar-refractivity contribution in [3.63, 3.8) is 0 Å². The first-order valence-electron chi connectivity index (χ1n) is 12.2. The van der Waals surface area contributed by atoms with Gasteiger partial charge in [-0.05, 0) is 51.0 Å². The van der Waals surface area contributed by atoms with Crippen molar-refractivity contribution in [2.75, 3.05) is 0 Å². The minimum atomic E-state index is -0.231. The van der Waals surface area contributed by atoms with Crippen LogP contribution < -0.4 is 5.32 Å². The van der Waals surface area contributed by atoms with E-state index >= 15 is 0 Å². The molecule has 1 aliphatic carbocycles. The number of carbonyl (C=O) groups is 1. The number of aromatic nitrogens is 2. The SMILES string of the molecule is Cc1ccc(-c2ncn(C3CCCCC3)c2-c2ccc(C(=O)N[C@@H](C)Cc3ccco3)o2)cc1. The van der Waals surface area contributed by atoms with Crippen LogP contribution in [0.15, 0.2) is 70.0 Å². The fraction of sp³-hybridized carbons (Fsp3) is 0.357. The van der Waals surface area contributed by atoms with Crippen LogP contribution in [0, 0.1) is 6.92 Å². The van der Waals surface area contributed by atoms with E-state index in [9.17, 15) is 4.79 Å². The molecule has 5 rings (SSSR count). The predicted molar refractivity (Wildman–Crippen MR) is 132 cm³/mol. The second kappa shape index (κ2) is 9.75. The van der Waals surface area contributed by atoms with Crippen LogP contribution in [-0.4, -0.2) is 21.5 Å². The van der Waals surface area contributed by atoms with E-state index < -0.39 is 0 Å². The Morgan fingerprint density at radius 1 is 1.12 bits per heavy atom. The molecule has 1 saturated carbocycles. The maximum atomic E-state index is 12.9. The van der Waals surface area contributed by atoms with E-state index in [2.05, 4.69) is 41.1 Å². The second-order valence-electron chi connectivity index (χ2n) is 9.33. The van der Waals surface area contributed by atoms with Gasteiger partial charge in [0.1, 0.15) is 11.5 Å². The molecule has 0 aliphatic heterocycles. The second-order valence-corrected chi connectivity index (χ2v) is 9.33. The third-order valence-corrected chi connectivity index (χ3v) is 6.61. The van der Waals surface area contributed by atoms with Gasteiger partial charge in [0.15, 0.2) is 11.5 Å². The molecule has 1 amide bonds. The number of carbonyl (C=O) groups excluding carboxylic acids is 1. The lowest BCUT2D eigenvalue weighted by Crippen LogP contribution is -2.33. The smallest absolute Gasteiger partial charge is 0.287 e. The van der Waals surface area contributed by atoms with E-state index in [1.165, 1.54) is 24.8 Å². The highest BCUT2D eigenvalue weighted by atomic mass is 16.4. The Morgan fingerprint density at radius 3 is 2.65 bits per heavy atom. The van der Waals surface area contributed by atoms with Gasteiger partial charge in [-0.3, -0.25) is 4.79 Å². The molecule has 1 atom stereocenters. The lowest BCUT2D eigenvalue weighted by molar-refractivity contribution is 0.0912. The van der Waals surface area contributed by atoms with Crippen LogP contribution in [0.2, 0.25) is 0 Å². The number of furan rings is 2. The van der Waals surface area contributed by atoms with E-state index in [1.807, 2.05) is 31.5 Å². The van der Waals surface area contributed by atoms with E-state index in [0.717, 1.165) is 35.6 Å². The van der Waals surface area contributed by atoms with Crippen LogP contribution in [0.3, 0.4) is 0 Å². The van der Waals surface area contributed by atoms with Crippen molar-refractivity contribution in [2.45, 2.75) is 64.5 Å². The molecule has 0 spiro atoms. The van der Waals surface area contributed by atoms with E-state index in [-0.39, 0.29) is 11.9 Å². The zero-order valence-electron chi connectivity index (χ0n) is 19.8. The van der Waals surface area contributed by atoms with Crippen LogP contribution in [0.25, 0.3) is 22.7 Å². The van der Waals surface area contributed by atoms with Crippen LogP contribution in [0.5, 0.6) is 0 Å².